The molecule has 3 aromatic rings. The molecule has 0 spiro atoms. The summed E-state index contributed by atoms with van der Waals surface area (Å²) in [7, 11) is 0. The fraction of sp³-hybridized carbons (Fsp3) is 0.278. The highest BCUT2D eigenvalue weighted by molar-refractivity contribution is 7.16. The van der Waals surface area contributed by atoms with Crippen LogP contribution in [0.25, 0.3) is 10.2 Å². The number of anilines is 2. The molecule has 0 saturated carbocycles. The van der Waals surface area contributed by atoms with Gasteiger partial charge in [0.1, 0.15) is 28.6 Å². The molecule has 1 aliphatic rings. The summed E-state index contributed by atoms with van der Waals surface area (Å²) in [6.07, 6.45) is 1.58. The fourth-order valence-electron chi connectivity index (χ4n) is 3.18. The van der Waals surface area contributed by atoms with Gasteiger partial charge in [-0.3, -0.25) is 9.69 Å². The maximum absolute atomic E-state index is 13.2. The highest BCUT2D eigenvalue weighted by atomic mass is 32.1. The lowest BCUT2D eigenvalue weighted by Crippen LogP contribution is -2.49. The van der Waals surface area contributed by atoms with Gasteiger partial charge in [0.25, 0.3) is 0 Å². The Morgan fingerprint density at radius 1 is 1.11 bits per heavy atom. The molecule has 1 fully saturated rings. The second-order valence-corrected chi connectivity index (χ2v) is 7.20. The Bertz CT molecular complexity index is 951. The second kappa shape index (κ2) is 7.53. The topological polar surface area (TPSA) is 61.4 Å². The van der Waals surface area contributed by atoms with Crippen LogP contribution >= 0.6 is 11.3 Å². The van der Waals surface area contributed by atoms with Crippen LogP contribution in [0.3, 0.4) is 0 Å². The molecular weight excluding hydrogens is 372 g/mol. The average Bonchev–Trinajstić information content (AvgIpc) is 3.10. The van der Waals surface area contributed by atoms with Crippen LogP contribution in [0.1, 0.15) is 0 Å². The van der Waals surface area contributed by atoms with Crippen molar-refractivity contribution in [3.8, 4) is 0 Å². The minimum absolute atomic E-state index is 0.122. The van der Waals surface area contributed by atoms with E-state index in [0.717, 1.165) is 47.3 Å². The minimum atomic E-state index is -0.719. The van der Waals surface area contributed by atoms with Gasteiger partial charge in [-0.25, -0.2) is 18.7 Å². The maximum atomic E-state index is 13.2. The SMILES string of the molecule is O=C(CN1CCN(c2ncnc3sccc23)CC1)Nc1cc(F)cc(F)c1. The highest BCUT2D eigenvalue weighted by Crippen LogP contribution is 2.27. The Morgan fingerprint density at radius 3 is 2.59 bits per heavy atom. The third-order valence-corrected chi connectivity index (χ3v) is 5.25. The summed E-state index contributed by atoms with van der Waals surface area (Å²) in [6, 6.07) is 4.99. The molecule has 6 nitrogen and oxygen atoms in total. The monoisotopic (exact) mass is 389 g/mol. The summed E-state index contributed by atoms with van der Waals surface area (Å²) in [5.74, 6) is -0.816. The first-order valence-corrected chi connectivity index (χ1v) is 9.38. The molecule has 27 heavy (non-hydrogen) atoms. The van der Waals surface area contributed by atoms with Gasteiger partial charge in [0.2, 0.25) is 5.91 Å². The van der Waals surface area contributed by atoms with E-state index in [-0.39, 0.29) is 18.1 Å². The Balaban J connectivity index is 1.34. The summed E-state index contributed by atoms with van der Waals surface area (Å²) in [6.45, 7) is 3.04. The lowest BCUT2D eigenvalue weighted by Gasteiger charge is -2.35. The molecule has 1 aromatic carbocycles. The zero-order chi connectivity index (χ0) is 18.8. The normalized spacial score (nSPS) is 15.3. The van der Waals surface area contributed by atoms with Crippen molar-refractivity contribution >= 4 is 39.0 Å². The van der Waals surface area contributed by atoms with Crippen LogP contribution < -0.4 is 10.2 Å². The van der Waals surface area contributed by atoms with Gasteiger partial charge in [-0.15, -0.1) is 11.3 Å². The van der Waals surface area contributed by atoms with Gasteiger partial charge in [-0.05, 0) is 23.6 Å². The van der Waals surface area contributed by atoms with E-state index in [1.54, 1.807) is 17.7 Å². The van der Waals surface area contributed by atoms with Gasteiger partial charge in [0.05, 0.1) is 11.9 Å². The number of benzene rings is 1. The first-order chi connectivity index (χ1) is 13.1. The van der Waals surface area contributed by atoms with Crippen LogP contribution in [0.5, 0.6) is 0 Å². The molecule has 0 radical (unpaired) electrons. The third kappa shape index (κ3) is 4.04. The third-order valence-electron chi connectivity index (χ3n) is 4.43. The molecule has 9 heteroatoms. The number of nitrogens with zero attached hydrogens (tertiary/aromatic N) is 4. The molecule has 2 aromatic heterocycles. The molecule has 1 saturated heterocycles. The van der Waals surface area contributed by atoms with E-state index < -0.39 is 11.6 Å². The molecule has 3 heterocycles. The van der Waals surface area contributed by atoms with Gasteiger partial charge in [0, 0.05) is 37.9 Å². The minimum Gasteiger partial charge on any atom is -0.353 e. The molecule has 0 atom stereocenters. The molecule has 140 valence electrons. The van der Waals surface area contributed by atoms with Crippen LogP contribution in [0.2, 0.25) is 0 Å². The summed E-state index contributed by atoms with van der Waals surface area (Å²) in [5, 5.41) is 5.58. The van der Waals surface area contributed by atoms with E-state index >= 15 is 0 Å². The van der Waals surface area contributed by atoms with Crippen molar-refractivity contribution in [2.24, 2.45) is 0 Å². The zero-order valence-electron chi connectivity index (χ0n) is 14.4. The van der Waals surface area contributed by atoms with E-state index in [1.165, 1.54) is 0 Å². The predicted molar refractivity (Wildman–Crippen MR) is 101 cm³/mol. The second-order valence-electron chi connectivity index (χ2n) is 6.31. The molecule has 0 aliphatic carbocycles. The van der Waals surface area contributed by atoms with Crippen LogP contribution in [0.4, 0.5) is 20.3 Å². The number of amides is 1. The number of rotatable bonds is 4. The molecule has 0 unspecified atom stereocenters. The number of nitrogens with one attached hydrogen (secondary N) is 1. The maximum Gasteiger partial charge on any atom is 0.238 e. The van der Waals surface area contributed by atoms with E-state index in [0.29, 0.717) is 13.1 Å². The van der Waals surface area contributed by atoms with E-state index in [1.807, 2.05) is 16.3 Å². The lowest BCUT2D eigenvalue weighted by molar-refractivity contribution is -0.117. The first kappa shape index (κ1) is 17.7. The van der Waals surface area contributed by atoms with Crippen LogP contribution in [0, 0.1) is 11.6 Å². The molecule has 4 rings (SSSR count). The van der Waals surface area contributed by atoms with E-state index in [2.05, 4.69) is 20.2 Å². The van der Waals surface area contributed by atoms with Crippen molar-refractivity contribution in [2.75, 3.05) is 42.9 Å². The summed E-state index contributed by atoms with van der Waals surface area (Å²) in [4.78, 5) is 26.0. The zero-order valence-corrected chi connectivity index (χ0v) is 15.2. The summed E-state index contributed by atoms with van der Waals surface area (Å²) in [5.41, 5.74) is 0.122. The van der Waals surface area contributed by atoms with Crippen molar-refractivity contribution in [1.82, 2.24) is 14.9 Å². The molecule has 1 N–H and O–H groups in total. The number of halogens is 2. The van der Waals surface area contributed by atoms with Crippen LogP contribution in [-0.4, -0.2) is 53.5 Å². The molecule has 1 amide bonds. The smallest absolute Gasteiger partial charge is 0.238 e. The molecule has 1 aliphatic heterocycles. The number of fused-ring (bicyclic) bond motifs is 1. The average molecular weight is 389 g/mol. The Labute approximate surface area is 158 Å². The van der Waals surface area contributed by atoms with Crippen molar-refractivity contribution in [1.29, 1.82) is 0 Å². The number of hydrogen-bond donors (Lipinski definition) is 1. The predicted octanol–water partition coefficient (Wildman–Crippen LogP) is 2.73. The number of hydrogen-bond acceptors (Lipinski definition) is 6. The van der Waals surface area contributed by atoms with Gasteiger partial charge >= 0.3 is 0 Å². The first-order valence-electron chi connectivity index (χ1n) is 8.50. The van der Waals surface area contributed by atoms with Crippen molar-refractivity contribution in [3.63, 3.8) is 0 Å². The highest BCUT2D eigenvalue weighted by Gasteiger charge is 2.21. The standard InChI is InChI=1S/C18H17F2N5OS/c19-12-7-13(20)9-14(8-12)23-16(26)10-24-2-4-25(5-3-24)17-15-1-6-27-18(15)22-11-21-17/h1,6-9,11H,2-5,10H2,(H,23,26). The number of piperazine rings is 1. The van der Waals surface area contributed by atoms with Crippen LogP contribution in [-0.2, 0) is 4.79 Å². The summed E-state index contributed by atoms with van der Waals surface area (Å²) < 4.78 is 26.4. The Morgan fingerprint density at radius 2 is 1.85 bits per heavy atom. The van der Waals surface area contributed by atoms with Crippen molar-refractivity contribution in [2.45, 2.75) is 0 Å². The van der Waals surface area contributed by atoms with Gasteiger partial charge in [-0.2, -0.15) is 0 Å². The number of thiophene rings is 1. The largest absolute Gasteiger partial charge is 0.353 e. The lowest BCUT2D eigenvalue weighted by atomic mass is 10.2. The molecule has 0 bridgehead atoms. The Hall–Kier alpha value is -2.65. The fourth-order valence-corrected chi connectivity index (χ4v) is 3.90. The quantitative estimate of drug-likeness (QED) is 0.744. The Kier molecular flexibility index (Phi) is 4.95. The van der Waals surface area contributed by atoms with Crippen LogP contribution in [0.15, 0.2) is 36.0 Å². The molecular formula is C18H17F2N5OS. The van der Waals surface area contributed by atoms with Crippen molar-refractivity contribution in [3.05, 3.63) is 47.6 Å². The van der Waals surface area contributed by atoms with Gasteiger partial charge < -0.3 is 10.2 Å². The van der Waals surface area contributed by atoms with E-state index in [9.17, 15) is 13.6 Å². The van der Waals surface area contributed by atoms with E-state index in [4.69, 9.17) is 0 Å². The van der Waals surface area contributed by atoms with Gasteiger partial charge in [0.15, 0.2) is 0 Å². The van der Waals surface area contributed by atoms with Gasteiger partial charge in [-0.1, -0.05) is 0 Å². The number of carbonyl (C=O) groups is 1. The number of carbonyl (C=O) groups excluding carboxylic acids is 1. The van der Waals surface area contributed by atoms with Crippen molar-refractivity contribution < 1.29 is 13.6 Å². The summed E-state index contributed by atoms with van der Waals surface area (Å²) >= 11 is 1.58. The number of aromatic nitrogens is 2.